The molecule has 21 heavy (non-hydrogen) atoms. The van der Waals surface area contributed by atoms with Crippen molar-refractivity contribution in [1.29, 1.82) is 0 Å². The van der Waals surface area contributed by atoms with E-state index < -0.39 is 10.0 Å². The number of rotatable bonds is 4. The molecule has 0 spiro atoms. The van der Waals surface area contributed by atoms with Gasteiger partial charge in [-0.3, -0.25) is 0 Å². The van der Waals surface area contributed by atoms with Crippen molar-refractivity contribution in [3.63, 3.8) is 0 Å². The van der Waals surface area contributed by atoms with Crippen molar-refractivity contribution in [2.75, 3.05) is 13.1 Å². The Morgan fingerprint density at radius 1 is 1.24 bits per heavy atom. The Kier molecular flexibility index (Phi) is 5.30. The smallest absolute Gasteiger partial charge is 0.243 e. The van der Waals surface area contributed by atoms with Crippen LogP contribution in [0.15, 0.2) is 23.1 Å². The lowest BCUT2D eigenvalue weighted by atomic mass is 10.1. The van der Waals surface area contributed by atoms with E-state index in [2.05, 4.69) is 0 Å². The molecule has 1 fully saturated rings. The number of sulfonamides is 1. The maximum absolute atomic E-state index is 12.8. The number of ether oxygens (including phenoxy) is 1. The van der Waals surface area contributed by atoms with Crippen molar-refractivity contribution >= 4 is 21.6 Å². The Balaban J connectivity index is 2.35. The molecule has 4 nitrogen and oxygen atoms in total. The molecule has 0 aromatic heterocycles. The molecule has 2 rings (SSSR count). The minimum atomic E-state index is -3.49. The monoisotopic (exact) mass is 331 g/mol. The zero-order valence-electron chi connectivity index (χ0n) is 12.7. The summed E-state index contributed by atoms with van der Waals surface area (Å²) < 4.78 is 32.7. The zero-order chi connectivity index (χ0) is 15.6. The third-order valence-electron chi connectivity index (χ3n) is 3.73. The largest absolute Gasteiger partial charge is 0.373 e. The SMILES string of the molecule is CCc1ccc(S(=O)(=O)N2CC(C)OC(C)C2)cc1CCl. The third kappa shape index (κ3) is 3.59. The van der Waals surface area contributed by atoms with Crippen LogP contribution < -0.4 is 0 Å². The van der Waals surface area contributed by atoms with Crippen molar-refractivity contribution in [3.8, 4) is 0 Å². The van der Waals surface area contributed by atoms with Gasteiger partial charge in [0.1, 0.15) is 0 Å². The van der Waals surface area contributed by atoms with Gasteiger partial charge in [-0.2, -0.15) is 4.31 Å². The predicted molar refractivity (Wildman–Crippen MR) is 84.1 cm³/mol. The Labute approximate surface area is 132 Å². The average Bonchev–Trinajstić information content (AvgIpc) is 2.45. The van der Waals surface area contributed by atoms with Gasteiger partial charge >= 0.3 is 0 Å². The summed E-state index contributed by atoms with van der Waals surface area (Å²) in [7, 11) is -3.49. The highest BCUT2D eigenvalue weighted by Gasteiger charge is 2.32. The van der Waals surface area contributed by atoms with E-state index in [9.17, 15) is 8.42 Å². The van der Waals surface area contributed by atoms with Crippen LogP contribution in [0, 0.1) is 0 Å². The fraction of sp³-hybridized carbons (Fsp3) is 0.600. The van der Waals surface area contributed by atoms with Gasteiger partial charge in [-0.05, 0) is 43.5 Å². The van der Waals surface area contributed by atoms with Gasteiger partial charge in [0.05, 0.1) is 17.1 Å². The van der Waals surface area contributed by atoms with E-state index in [1.165, 1.54) is 4.31 Å². The molecule has 1 saturated heterocycles. The van der Waals surface area contributed by atoms with E-state index >= 15 is 0 Å². The van der Waals surface area contributed by atoms with Gasteiger partial charge < -0.3 is 4.74 Å². The molecule has 1 aliphatic rings. The molecular formula is C15H22ClNO3S. The zero-order valence-corrected chi connectivity index (χ0v) is 14.2. The van der Waals surface area contributed by atoms with E-state index in [1.54, 1.807) is 12.1 Å². The number of morpholine rings is 1. The van der Waals surface area contributed by atoms with Crippen LogP contribution in [0.2, 0.25) is 0 Å². The highest BCUT2D eigenvalue weighted by atomic mass is 35.5. The van der Waals surface area contributed by atoms with E-state index in [4.69, 9.17) is 16.3 Å². The molecule has 6 heteroatoms. The van der Waals surface area contributed by atoms with E-state index in [-0.39, 0.29) is 12.2 Å². The molecule has 0 radical (unpaired) electrons. The van der Waals surface area contributed by atoms with Gasteiger partial charge in [0.25, 0.3) is 0 Å². The summed E-state index contributed by atoms with van der Waals surface area (Å²) in [6.07, 6.45) is 0.658. The minimum Gasteiger partial charge on any atom is -0.373 e. The Morgan fingerprint density at radius 2 is 1.86 bits per heavy atom. The summed E-state index contributed by atoms with van der Waals surface area (Å²) >= 11 is 5.94. The molecule has 0 bridgehead atoms. The maximum atomic E-state index is 12.8. The summed E-state index contributed by atoms with van der Waals surface area (Å²) in [4.78, 5) is 0.316. The fourth-order valence-electron chi connectivity index (χ4n) is 2.71. The van der Waals surface area contributed by atoms with Crippen molar-refractivity contribution in [2.45, 2.75) is 50.2 Å². The van der Waals surface area contributed by atoms with Crippen LogP contribution in [-0.2, 0) is 27.1 Å². The summed E-state index contributed by atoms with van der Waals surface area (Å²) in [5.74, 6) is 0.322. The maximum Gasteiger partial charge on any atom is 0.243 e. The summed E-state index contributed by atoms with van der Waals surface area (Å²) in [6.45, 7) is 6.59. The normalized spacial score (nSPS) is 24.2. The molecule has 118 valence electrons. The topological polar surface area (TPSA) is 46.6 Å². The number of halogens is 1. The summed E-state index contributed by atoms with van der Waals surface area (Å²) in [6, 6.07) is 5.23. The Bertz CT molecular complexity index is 593. The molecule has 1 aliphatic heterocycles. The number of hydrogen-bond donors (Lipinski definition) is 0. The minimum absolute atomic E-state index is 0.0917. The van der Waals surface area contributed by atoms with Crippen molar-refractivity contribution in [1.82, 2.24) is 4.31 Å². The van der Waals surface area contributed by atoms with Gasteiger partial charge in [-0.15, -0.1) is 11.6 Å². The first-order valence-corrected chi connectivity index (χ1v) is 9.19. The number of alkyl halides is 1. The number of aryl methyl sites for hydroxylation is 1. The molecular weight excluding hydrogens is 310 g/mol. The Morgan fingerprint density at radius 3 is 2.38 bits per heavy atom. The molecule has 2 atom stereocenters. The number of hydrogen-bond acceptors (Lipinski definition) is 3. The molecule has 2 unspecified atom stereocenters. The molecule has 0 amide bonds. The van der Waals surface area contributed by atoms with E-state index in [0.717, 1.165) is 17.5 Å². The quantitative estimate of drug-likeness (QED) is 0.797. The van der Waals surface area contributed by atoms with Gasteiger partial charge in [-0.25, -0.2) is 8.42 Å². The van der Waals surface area contributed by atoms with Crippen LogP contribution in [0.5, 0.6) is 0 Å². The third-order valence-corrected chi connectivity index (χ3v) is 5.84. The van der Waals surface area contributed by atoms with Gasteiger partial charge in [0, 0.05) is 19.0 Å². The van der Waals surface area contributed by atoms with Crippen LogP contribution >= 0.6 is 11.6 Å². The van der Waals surface area contributed by atoms with Crippen LogP contribution in [0.4, 0.5) is 0 Å². The second-order valence-electron chi connectivity index (χ2n) is 5.50. The highest BCUT2D eigenvalue weighted by Crippen LogP contribution is 2.24. The summed E-state index contributed by atoms with van der Waals surface area (Å²) in [5.41, 5.74) is 1.97. The molecule has 0 saturated carbocycles. The van der Waals surface area contributed by atoms with E-state index in [0.29, 0.717) is 23.9 Å². The van der Waals surface area contributed by atoms with Gasteiger partial charge in [0.15, 0.2) is 0 Å². The second-order valence-corrected chi connectivity index (χ2v) is 7.70. The lowest BCUT2D eigenvalue weighted by molar-refractivity contribution is -0.0440. The van der Waals surface area contributed by atoms with E-state index in [1.807, 2.05) is 26.8 Å². The lowest BCUT2D eigenvalue weighted by Crippen LogP contribution is -2.48. The van der Waals surface area contributed by atoms with Crippen LogP contribution in [0.3, 0.4) is 0 Å². The standard InChI is InChI=1S/C15H22ClNO3S/c1-4-13-5-6-15(7-14(13)8-16)21(18,19)17-9-11(2)20-12(3)10-17/h5-7,11-12H,4,8-10H2,1-3H3. The first-order valence-electron chi connectivity index (χ1n) is 7.21. The first kappa shape index (κ1) is 16.7. The second kappa shape index (κ2) is 6.65. The van der Waals surface area contributed by atoms with Crippen LogP contribution in [0.1, 0.15) is 31.9 Å². The van der Waals surface area contributed by atoms with Gasteiger partial charge in [-0.1, -0.05) is 13.0 Å². The predicted octanol–water partition coefficient (Wildman–Crippen LogP) is 2.79. The highest BCUT2D eigenvalue weighted by molar-refractivity contribution is 7.89. The van der Waals surface area contributed by atoms with Crippen molar-refractivity contribution in [2.24, 2.45) is 0 Å². The Hall–Kier alpha value is -0.620. The van der Waals surface area contributed by atoms with Crippen molar-refractivity contribution < 1.29 is 13.2 Å². The van der Waals surface area contributed by atoms with Gasteiger partial charge in [0.2, 0.25) is 10.0 Å². The molecule has 0 N–H and O–H groups in total. The molecule has 1 aromatic carbocycles. The first-order chi connectivity index (χ1) is 9.88. The van der Waals surface area contributed by atoms with Crippen molar-refractivity contribution in [3.05, 3.63) is 29.3 Å². The fourth-order valence-corrected chi connectivity index (χ4v) is 4.60. The number of benzene rings is 1. The lowest BCUT2D eigenvalue weighted by Gasteiger charge is -2.34. The number of nitrogens with zero attached hydrogens (tertiary/aromatic N) is 1. The summed E-state index contributed by atoms with van der Waals surface area (Å²) in [5, 5.41) is 0. The molecule has 1 heterocycles. The average molecular weight is 332 g/mol. The molecule has 1 aromatic rings. The van der Waals surface area contributed by atoms with Crippen LogP contribution in [0.25, 0.3) is 0 Å². The molecule has 0 aliphatic carbocycles. The van der Waals surface area contributed by atoms with Crippen LogP contribution in [-0.4, -0.2) is 38.0 Å².